The monoisotopic (exact) mass is 276 g/mol. The van der Waals surface area contributed by atoms with Crippen molar-refractivity contribution in [1.29, 1.82) is 0 Å². The minimum atomic E-state index is -2.96. The van der Waals surface area contributed by atoms with Crippen LogP contribution in [0.1, 0.15) is 39.5 Å². The summed E-state index contributed by atoms with van der Waals surface area (Å²) in [5, 5.41) is 2.95. The van der Waals surface area contributed by atoms with Gasteiger partial charge in [-0.3, -0.25) is 4.79 Å². The highest BCUT2D eigenvalue weighted by atomic mass is 32.2. The summed E-state index contributed by atoms with van der Waals surface area (Å²) in [5.41, 5.74) is 5.26. The maximum Gasteiger partial charge on any atom is 0.220 e. The van der Waals surface area contributed by atoms with Gasteiger partial charge in [-0.25, -0.2) is 8.42 Å². The normalized spacial score (nSPS) is 25.3. The third-order valence-electron chi connectivity index (χ3n) is 3.67. The summed E-state index contributed by atoms with van der Waals surface area (Å²) in [6.45, 7) is 3.90. The first kappa shape index (κ1) is 15.4. The number of primary amides is 1. The van der Waals surface area contributed by atoms with E-state index in [4.69, 9.17) is 5.73 Å². The summed E-state index contributed by atoms with van der Waals surface area (Å²) in [4.78, 5) is 11.0. The SMILES string of the molecule is CC(C)S(=O)(=O)CCNC1CCC(C(N)=O)CC1. The molecule has 0 saturated heterocycles. The van der Waals surface area contributed by atoms with Gasteiger partial charge >= 0.3 is 0 Å². The van der Waals surface area contributed by atoms with E-state index in [0.717, 1.165) is 25.7 Å². The molecule has 106 valence electrons. The molecular weight excluding hydrogens is 252 g/mol. The highest BCUT2D eigenvalue weighted by Gasteiger charge is 2.24. The Kier molecular flexibility index (Phi) is 5.59. The van der Waals surface area contributed by atoms with E-state index in [9.17, 15) is 13.2 Å². The Labute approximate surface area is 109 Å². The van der Waals surface area contributed by atoms with Crippen molar-refractivity contribution in [2.45, 2.75) is 50.8 Å². The lowest BCUT2D eigenvalue weighted by atomic mass is 9.86. The maximum absolute atomic E-state index is 11.6. The molecular formula is C12H24N2O3S. The van der Waals surface area contributed by atoms with Crippen molar-refractivity contribution < 1.29 is 13.2 Å². The second-order valence-corrected chi connectivity index (χ2v) is 8.00. The molecule has 0 aromatic rings. The third kappa shape index (κ3) is 4.57. The number of carbonyl (C=O) groups excluding carboxylic acids is 1. The first-order valence-corrected chi connectivity index (χ1v) is 8.28. The number of amides is 1. The number of rotatable bonds is 6. The predicted octanol–water partition coefficient (Wildman–Crippen LogP) is 0.443. The zero-order valence-corrected chi connectivity index (χ0v) is 12.0. The van der Waals surface area contributed by atoms with E-state index in [1.165, 1.54) is 0 Å². The van der Waals surface area contributed by atoms with Gasteiger partial charge in [0.1, 0.15) is 0 Å². The van der Waals surface area contributed by atoms with Crippen molar-refractivity contribution in [2.24, 2.45) is 11.7 Å². The molecule has 1 fully saturated rings. The fraction of sp³-hybridized carbons (Fsp3) is 0.917. The van der Waals surface area contributed by atoms with Crippen LogP contribution in [0.2, 0.25) is 0 Å². The van der Waals surface area contributed by atoms with Gasteiger partial charge < -0.3 is 11.1 Å². The molecule has 18 heavy (non-hydrogen) atoms. The van der Waals surface area contributed by atoms with Gasteiger partial charge in [-0.05, 0) is 39.5 Å². The van der Waals surface area contributed by atoms with Gasteiger partial charge in [0.15, 0.2) is 9.84 Å². The summed E-state index contributed by atoms with van der Waals surface area (Å²) in [6.07, 6.45) is 3.42. The Morgan fingerprint density at radius 2 is 1.83 bits per heavy atom. The average molecular weight is 276 g/mol. The highest BCUT2D eigenvalue weighted by Crippen LogP contribution is 2.23. The molecule has 0 bridgehead atoms. The molecule has 0 spiro atoms. The van der Waals surface area contributed by atoms with E-state index in [0.29, 0.717) is 12.6 Å². The van der Waals surface area contributed by atoms with Crippen LogP contribution in [0.3, 0.4) is 0 Å². The van der Waals surface area contributed by atoms with Gasteiger partial charge in [-0.1, -0.05) is 0 Å². The van der Waals surface area contributed by atoms with Crippen molar-refractivity contribution in [2.75, 3.05) is 12.3 Å². The zero-order chi connectivity index (χ0) is 13.8. The quantitative estimate of drug-likeness (QED) is 0.737. The Hall–Kier alpha value is -0.620. The molecule has 1 aliphatic carbocycles. The van der Waals surface area contributed by atoms with Crippen LogP contribution in [0.4, 0.5) is 0 Å². The molecule has 0 aliphatic heterocycles. The Balaban J connectivity index is 2.25. The Morgan fingerprint density at radius 3 is 2.28 bits per heavy atom. The standard InChI is InChI=1S/C12H24N2O3S/c1-9(2)18(16,17)8-7-14-11-5-3-10(4-6-11)12(13)15/h9-11,14H,3-8H2,1-2H3,(H2,13,15). The fourth-order valence-electron chi connectivity index (χ4n) is 2.22. The van der Waals surface area contributed by atoms with Gasteiger partial charge in [0.25, 0.3) is 0 Å². The van der Waals surface area contributed by atoms with Crippen molar-refractivity contribution in [1.82, 2.24) is 5.32 Å². The third-order valence-corrected chi connectivity index (χ3v) is 5.88. The molecule has 0 aromatic heterocycles. The number of nitrogens with two attached hydrogens (primary N) is 1. The van der Waals surface area contributed by atoms with E-state index in [2.05, 4.69) is 5.32 Å². The lowest BCUT2D eigenvalue weighted by Crippen LogP contribution is -2.39. The van der Waals surface area contributed by atoms with Gasteiger partial charge in [-0.2, -0.15) is 0 Å². The van der Waals surface area contributed by atoms with E-state index < -0.39 is 9.84 Å². The van der Waals surface area contributed by atoms with E-state index in [-0.39, 0.29) is 22.8 Å². The fourth-order valence-corrected chi connectivity index (χ4v) is 3.10. The van der Waals surface area contributed by atoms with E-state index in [1.807, 2.05) is 0 Å². The summed E-state index contributed by atoms with van der Waals surface area (Å²) in [5.74, 6) is -0.0290. The molecule has 0 aromatic carbocycles. The summed E-state index contributed by atoms with van der Waals surface area (Å²) in [7, 11) is -2.96. The van der Waals surface area contributed by atoms with Crippen LogP contribution < -0.4 is 11.1 Å². The van der Waals surface area contributed by atoms with Crippen LogP contribution in [0.15, 0.2) is 0 Å². The maximum atomic E-state index is 11.6. The molecule has 0 unspecified atom stereocenters. The van der Waals surface area contributed by atoms with Crippen LogP contribution >= 0.6 is 0 Å². The van der Waals surface area contributed by atoms with E-state index >= 15 is 0 Å². The predicted molar refractivity (Wildman–Crippen MR) is 71.9 cm³/mol. The largest absolute Gasteiger partial charge is 0.369 e. The van der Waals surface area contributed by atoms with Crippen molar-refractivity contribution in [3.05, 3.63) is 0 Å². The van der Waals surface area contributed by atoms with Crippen molar-refractivity contribution in [3.63, 3.8) is 0 Å². The molecule has 0 atom stereocenters. The molecule has 6 heteroatoms. The summed E-state index contributed by atoms with van der Waals surface area (Å²) in [6, 6.07) is 0.322. The van der Waals surface area contributed by atoms with E-state index in [1.54, 1.807) is 13.8 Å². The minimum Gasteiger partial charge on any atom is -0.369 e. The van der Waals surface area contributed by atoms with Crippen LogP contribution in [0.5, 0.6) is 0 Å². The van der Waals surface area contributed by atoms with Crippen molar-refractivity contribution >= 4 is 15.7 Å². The van der Waals surface area contributed by atoms with Gasteiger partial charge in [0.2, 0.25) is 5.91 Å². The molecule has 1 aliphatic rings. The second kappa shape index (κ2) is 6.52. The Morgan fingerprint density at radius 1 is 1.28 bits per heavy atom. The number of hydrogen-bond donors (Lipinski definition) is 2. The van der Waals surface area contributed by atoms with Gasteiger partial charge in [-0.15, -0.1) is 0 Å². The average Bonchev–Trinajstić information content (AvgIpc) is 2.29. The topological polar surface area (TPSA) is 89.3 Å². The summed E-state index contributed by atoms with van der Waals surface area (Å²) >= 11 is 0. The number of nitrogens with one attached hydrogen (secondary N) is 1. The number of sulfone groups is 1. The Bertz CT molecular complexity index is 371. The number of carbonyl (C=O) groups is 1. The van der Waals surface area contributed by atoms with Gasteiger partial charge in [0, 0.05) is 18.5 Å². The lowest BCUT2D eigenvalue weighted by molar-refractivity contribution is -0.122. The van der Waals surface area contributed by atoms with Crippen LogP contribution in [-0.2, 0) is 14.6 Å². The van der Waals surface area contributed by atoms with Crippen LogP contribution in [0.25, 0.3) is 0 Å². The lowest BCUT2D eigenvalue weighted by Gasteiger charge is -2.27. The molecule has 1 rings (SSSR count). The minimum absolute atomic E-state index is 0.00227. The first-order valence-electron chi connectivity index (χ1n) is 6.57. The molecule has 0 radical (unpaired) electrons. The second-order valence-electron chi connectivity index (χ2n) is 5.32. The molecule has 1 saturated carbocycles. The first-order chi connectivity index (χ1) is 8.33. The van der Waals surface area contributed by atoms with Crippen molar-refractivity contribution in [3.8, 4) is 0 Å². The number of hydrogen-bond acceptors (Lipinski definition) is 4. The highest BCUT2D eigenvalue weighted by molar-refractivity contribution is 7.92. The van der Waals surface area contributed by atoms with Crippen LogP contribution in [-0.4, -0.2) is 37.9 Å². The molecule has 0 heterocycles. The van der Waals surface area contributed by atoms with Crippen LogP contribution in [0, 0.1) is 5.92 Å². The zero-order valence-electron chi connectivity index (χ0n) is 11.2. The molecule has 1 amide bonds. The smallest absolute Gasteiger partial charge is 0.220 e. The van der Waals surface area contributed by atoms with Gasteiger partial charge in [0.05, 0.1) is 11.0 Å². The molecule has 3 N–H and O–H groups in total. The summed E-state index contributed by atoms with van der Waals surface area (Å²) < 4.78 is 23.2. The molecule has 5 nitrogen and oxygen atoms in total.